The molecule has 1 aromatic carbocycles. The fourth-order valence-electron chi connectivity index (χ4n) is 2.40. The Morgan fingerprint density at radius 2 is 2.14 bits per heavy atom. The number of carbonyl (C=O) groups excluding carboxylic acids is 2. The van der Waals surface area contributed by atoms with Gasteiger partial charge in [0.05, 0.1) is 12.2 Å². The number of benzene rings is 1. The minimum Gasteiger partial charge on any atom is -0.363 e. The molecule has 2 aromatic rings. The number of primary amides is 1. The van der Waals surface area contributed by atoms with Gasteiger partial charge >= 0.3 is 0 Å². The molecule has 1 aliphatic rings. The predicted molar refractivity (Wildman–Crippen MR) is 75.4 cm³/mol. The second kappa shape index (κ2) is 5.51. The van der Waals surface area contributed by atoms with Gasteiger partial charge in [-0.15, -0.1) is 0 Å². The van der Waals surface area contributed by atoms with Gasteiger partial charge in [-0.3, -0.25) is 9.59 Å². The van der Waals surface area contributed by atoms with E-state index in [4.69, 9.17) is 5.73 Å². The van der Waals surface area contributed by atoms with Crippen LogP contribution in [0.5, 0.6) is 0 Å². The molecule has 1 aromatic heterocycles. The number of halogens is 1. The number of hydrogen-bond donors (Lipinski definition) is 1. The van der Waals surface area contributed by atoms with Crippen LogP contribution in [-0.4, -0.2) is 33.2 Å². The molecule has 22 heavy (non-hydrogen) atoms. The third kappa shape index (κ3) is 2.65. The van der Waals surface area contributed by atoms with Gasteiger partial charge in [0.25, 0.3) is 11.8 Å². The molecule has 2 amide bonds. The van der Waals surface area contributed by atoms with Crippen LogP contribution in [0.15, 0.2) is 30.5 Å². The first-order valence-electron chi connectivity index (χ1n) is 6.74. The lowest BCUT2D eigenvalue weighted by Gasteiger charge is -2.28. The van der Waals surface area contributed by atoms with E-state index in [1.54, 1.807) is 17.2 Å². The van der Waals surface area contributed by atoms with Crippen molar-refractivity contribution < 1.29 is 14.0 Å². The zero-order chi connectivity index (χ0) is 15.7. The Kier molecular flexibility index (Phi) is 3.54. The molecule has 0 aliphatic carbocycles. The van der Waals surface area contributed by atoms with E-state index in [0.717, 1.165) is 5.56 Å². The molecular weight excluding hydrogens is 287 g/mol. The summed E-state index contributed by atoms with van der Waals surface area (Å²) >= 11 is 0. The summed E-state index contributed by atoms with van der Waals surface area (Å²) in [4.78, 5) is 33.1. The smallest absolute Gasteiger partial charge is 0.286 e. The molecule has 2 N–H and O–H groups in total. The highest BCUT2D eigenvalue weighted by Gasteiger charge is 2.24. The fourth-order valence-corrected chi connectivity index (χ4v) is 2.40. The summed E-state index contributed by atoms with van der Waals surface area (Å²) in [5.74, 6) is -1.51. The SMILES string of the molecule is NC(=O)c1ncc2c(n1)CN(C(=O)c1cccc(F)c1)CC2. The normalized spacial score (nSPS) is 13.6. The van der Waals surface area contributed by atoms with Crippen LogP contribution in [0.1, 0.15) is 32.2 Å². The zero-order valence-corrected chi connectivity index (χ0v) is 11.6. The van der Waals surface area contributed by atoms with Gasteiger partial charge in [-0.05, 0) is 30.2 Å². The highest BCUT2D eigenvalue weighted by atomic mass is 19.1. The van der Waals surface area contributed by atoms with E-state index in [1.165, 1.54) is 18.2 Å². The standard InChI is InChI=1S/C15H13FN4O2/c16-11-3-1-2-9(6-11)15(22)20-5-4-10-7-18-14(13(17)21)19-12(10)8-20/h1-3,6-7H,4-5,8H2,(H2,17,21). The second-order valence-electron chi connectivity index (χ2n) is 5.02. The summed E-state index contributed by atoms with van der Waals surface area (Å²) < 4.78 is 13.2. The Bertz CT molecular complexity index is 763. The van der Waals surface area contributed by atoms with Crippen LogP contribution in [-0.2, 0) is 13.0 Å². The van der Waals surface area contributed by atoms with Crippen molar-refractivity contribution >= 4 is 11.8 Å². The van der Waals surface area contributed by atoms with E-state index in [9.17, 15) is 14.0 Å². The molecule has 0 spiro atoms. The molecule has 0 saturated carbocycles. The molecule has 112 valence electrons. The summed E-state index contributed by atoms with van der Waals surface area (Å²) in [6, 6.07) is 5.55. The first kappa shape index (κ1) is 14.1. The number of nitrogens with zero attached hydrogens (tertiary/aromatic N) is 3. The average molecular weight is 300 g/mol. The molecular formula is C15H13FN4O2. The summed E-state index contributed by atoms with van der Waals surface area (Å²) in [5.41, 5.74) is 6.93. The van der Waals surface area contributed by atoms with Crippen molar-refractivity contribution in [1.82, 2.24) is 14.9 Å². The molecule has 0 atom stereocenters. The maximum absolute atomic E-state index is 13.2. The van der Waals surface area contributed by atoms with Crippen molar-refractivity contribution in [1.29, 1.82) is 0 Å². The summed E-state index contributed by atoms with van der Waals surface area (Å²) in [6.07, 6.45) is 2.14. The highest BCUT2D eigenvalue weighted by Crippen LogP contribution is 2.19. The topological polar surface area (TPSA) is 89.2 Å². The van der Waals surface area contributed by atoms with Gasteiger partial charge in [0.2, 0.25) is 5.82 Å². The van der Waals surface area contributed by atoms with E-state index < -0.39 is 11.7 Å². The Morgan fingerprint density at radius 1 is 1.32 bits per heavy atom. The van der Waals surface area contributed by atoms with Gasteiger partial charge in [0.15, 0.2) is 0 Å². The number of nitrogens with two attached hydrogens (primary N) is 1. The molecule has 7 heteroatoms. The van der Waals surface area contributed by atoms with Crippen molar-refractivity contribution in [2.75, 3.05) is 6.54 Å². The monoisotopic (exact) mass is 300 g/mol. The van der Waals surface area contributed by atoms with Crippen molar-refractivity contribution in [3.8, 4) is 0 Å². The van der Waals surface area contributed by atoms with Gasteiger partial charge in [-0.1, -0.05) is 6.07 Å². The van der Waals surface area contributed by atoms with Gasteiger partial charge in [0.1, 0.15) is 5.82 Å². The number of fused-ring (bicyclic) bond motifs is 1. The fraction of sp³-hybridized carbons (Fsp3) is 0.200. The Morgan fingerprint density at radius 3 is 2.86 bits per heavy atom. The maximum Gasteiger partial charge on any atom is 0.286 e. The largest absolute Gasteiger partial charge is 0.363 e. The van der Waals surface area contributed by atoms with E-state index in [2.05, 4.69) is 9.97 Å². The molecule has 0 radical (unpaired) electrons. The minimum atomic E-state index is -0.712. The van der Waals surface area contributed by atoms with Crippen LogP contribution in [0, 0.1) is 5.82 Å². The number of amides is 2. The van der Waals surface area contributed by atoms with E-state index in [1.807, 2.05) is 0 Å². The van der Waals surface area contributed by atoms with Crippen LogP contribution in [0.3, 0.4) is 0 Å². The van der Waals surface area contributed by atoms with E-state index >= 15 is 0 Å². The minimum absolute atomic E-state index is 0.0706. The van der Waals surface area contributed by atoms with Crippen LogP contribution in [0.25, 0.3) is 0 Å². The molecule has 0 unspecified atom stereocenters. The van der Waals surface area contributed by atoms with Crippen LogP contribution in [0.2, 0.25) is 0 Å². The molecule has 2 heterocycles. The molecule has 0 fully saturated rings. The second-order valence-corrected chi connectivity index (χ2v) is 5.02. The van der Waals surface area contributed by atoms with Crippen molar-refractivity contribution in [2.24, 2.45) is 5.73 Å². The average Bonchev–Trinajstić information content (AvgIpc) is 2.53. The van der Waals surface area contributed by atoms with Crippen molar-refractivity contribution in [3.05, 3.63) is 58.9 Å². The van der Waals surface area contributed by atoms with Gasteiger partial charge in [-0.2, -0.15) is 0 Å². The van der Waals surface area contributed by atoms with Gasteiger partial charge in [-0.25, -0.2) is 14.4 Å². The molecule has 0 saturated heterocycles. The van der Waals surface area contributed by atoms with Crippen LogP contribution in [0.4, 0.5) is 4.39 Å². The Labute approximate surface area is 125 Å². The summed E-state index contributed by atoms with van der Waals surface area (Å²) in [7, 11) is 0. The molecule has 6 nitrogen and oxygen atoms in total. The lowest BCUT2D eigenvalue weighted by molar-refractivity contribution is 0.0731. The molecule has 3 rings (SSSR count). The lowest BCUT2D eigenvalue weighted by atomic mass is 10.1. The molecule has 1 aliphatic heterocycles. The number of hydrogen-bond acceptors (Lipinski definition) is 4. The first-order valence-corrected chi connectivity index (χ1v) is 6.74. The third-order valence-corrected chi connectivity index (χ3v) is 3.53. The van der Waals surface area contributed by atoms with Gasteiger partial charge in [0, 0.05) is 18.3 Å². The number of carbonyl (C=O) groups is 2. The Balaban J connectivity index is 1.85. The van der Waals surface area contributed by atoms with Crippen LogP contribution >= 0.6 is 0 Å². The number of rotatable bonds is 2. The molecule has 0 bridgehead atoms. The van der Waals surface area contributed by atoms with Crippen LogP contribution < -0.4 is 5.73 Å². The number of aromatic nitrogens is 2. The predicted octanol–water partition coefficient (Wildman–Crippen LogP) is 0.913. The van der Waals surface area contributed by atoms with Gasteiger partial charge < -0.3 is 10.6 Å². The highest BCUT2D eigenvalue weighted by molar-refractivity contribution is 5.94. The third-order valence-electron chi connectivity index (χ3n) is 3.53. The maximum atomic E-state index is 13.2. The summed E-state index contributed by atoms with van der Waals surface area (Å²) in [5, 5.41) is 0. The lowest BCUT2D eigenvalue weighted by Crippen LogP contribution is -2.37. The van der Waals surface area contributed by atoms with E-state index in [-0.39, 0.29) is 23.8 Å². The van der Waals surface area contributed by atoms with E-state index in [0.29, 0.717) is 18.7 Å². The zero-order valence-electron chi connectivity index (χ0n) is 11.6. The van der Waals surface area contributed by atoms with Crippen molar-refractivity contribution in [2.45, 2.75) is 13.0 Å². The quantitative estimate of drug-likeness (QED) is 0.893. The summed E-state index contributed by atoms with van der Waals surface area (Å²) in [6.45, 7) is 0.731. The Hall–Kier alpha value is -2.83. The van der Waals surface area contributed by atoms with Crippen molar-refractivity contribution in [3.63, 3.8) is 0 Å². The first-order chi connectivity index (χ1) is 10.5.